The van der Waals surface area contributed by atoms with Gasteiger partial charge >= 0.3 is 0 Å². The van der Waals surface area contributed by atoms with Crippen LogP contribution in [0, 0.1) is 17.8 Å². The molecule has 1 unspecified atom stereocenters. The van der Waals surface area contributed by atoms with Crippen LogP contribution in [0.4, 0.5) is 0 Å². The summed E-state index contributed by atoms with van der Waals surface area (Å²) >= 11 is 0. The molecule has 0 N–H and O–H groups in total. The monoisotopic (exact) mass is 236 g/mol. The zero-order valence-corrected chi connectivity index (χ0v) is 12.4. The minimum atomic E-state index is 0.904. The van der Waals surface area contributed by atoms with Gasteiger partial charge in [-0.15, -0.1) is 11.8 Å². The van der Waals surface area contributed by atoms with Gasteiger partial charge in [-0.25, -0.2) is 0 Å². The minimum absolute atomic E-state index is 0.904. The summed E-state index contributed by atoms with van der Waals surface area (Å²) in [7, 11) is 0. The molecule has 0 bridgehead atoms. The molecule has 0 aromatic heterocycles. The molecule has 0 saturated carbocycles. The SMILES string of the molecule is CCCCCCCC#CCCCCC(C)CC. The molecule has 0 amide bonds. The Morgan fingerprint density at radius 2 is 1.35 bits per heavy atom. The first-order valence-corrected chi connectivity index (χ1v) is 7.77. The van der Waals surface area contributed by atoms with Crippen LogP contribution in [-0.2, 0) is 0 Å². The maximum Gasteiger partial charge on any atom is 0.00886 e. The summed E-state index contributed by atoms with van der Waals surface area (Å²) in [6.45, 7) is 6.89. The molecule has 0 aliphatic rings. The van der Waals surface area contributed by atoms with Gasteiger partial charge in [-0.2, -0.15) is 0 Å². The maximum absolute atomic E-state index is 3.32. The van der Waals surface area contributed by atoms with Crippen LogP contribution in [0.3, 0.4) is 0 Å². The van der Waals surface area contributed by atoms with Crippen molar-refractivity contribution >= 4 is 0 Å². The molecule has 0 aromatic carbocycles. The van der Waals surface area contributed by atoms with E-state index in [1.54, 1.807) is 0 Å². The molecule has 0 rings (SSSR count). The number of rotatable bonds is 10. The fourth-order valence-electron chi connectivity index (χ4n) is 1.90. The Balaban J connectivity index is 3.15. The van der Waals surface area contributed by atoms with Gasteiger partial charge in [0.2, 0.25) is 0 Å². The van der Waals surface area contributed by atoms with Crippen LogP contribution in [0.5, 0.6) is 0 Å². The van der Waals surface area contributed by atoms with Crippen molar-refractivity contribution in [3.63, 3.8) is 0 Å². The Kier molecular flexibility index (Phi) is 13.3. The van der Waals surface area contributed by atoms with Gasteiger partial charge in [-0.3, -0.25) is 0 Å². The first kappa shape index (κ1) is 16.6. The second kappa shape index (κ2) is 13.6. The van der Waals surface area contributed by atoms with Crippen molar-refractivity contribution in [2.45, 2.75) is 91.4 Å². The topological polar surface area (TPSA) is 0 Å². The molecule has 0 nitrogen and oxygen atoms in total. The van der Waals surface area contributed by atoms with E-state index in [-0.39, 0.29) is 0 Å². The van der Waals surface area contributed by atoms with Crippen molar-refractivity contribution in [2.75, 3.05) is 0 Å². The quantitative estimate of drug-likeness (QED) is 0.324. The van der Waals surface area contributed by atoms with Gasteiger partial charge < -0.3 is 0 Å². The zero-order chi connectivity index (χ0) is 12.8. The summed E-state index contributed by atoms with van der Waals surface area (Å²) in [6.07, 6.45) is 14.4. The van der Waals surface area contributed by atoms with Gasteiger partial charge in [-0.1, -0.05) is 65.7 Å². The van der Waals surface area contributed by atoms with E-state index in [2.05, 4.69) is 32.6 Å². The van der Waals surface area contributed by atoms with Crippen LogP contribution in [-0.4, -0.2) is 0 Å². The summed E-state index contributed by atoms with van der Waals surface area (Å²) in [6, 6.07) is 0. The Morgan fingerprint density at radius 3 is 1.94 bits per heavy atom. The highest BCUT2D eigenvalue weighted by Crippen LogP contribution is 2.11. The Labute approximate surface area is 110 Å². The van der Waals surface area contributed by atoms with Crippen LogP contribution in [0.2, 0.25) is 0 Å². The first-order valence-electron chi connectivity index (χ1n) is 7.77. The minimum Gasteiger partial charge on any atom is -0.103 e. The number of hydrogen-bond donors (Lipinski definition) is 0. The molecule has 0 heteroatoms. The highest BCUT2D eigenvalue weighted by Gasteiger charge is 1.96. The lowest BCUT2D eigenvalue weighted by atomic mass is 10.0. The van der Waals surface area contributed by atoms with Gasteiger partial charge in [0, 0.05) is 12.8 Å². The Morgan fingerprint density at radius 1 is 0.765 bits per heavy atom. The van der Waals surface area contributed by atoms with Crippen molar-refractivity contribution < 1.29 is 0 Å². The predicted octanol–water partition coefficient (Wildman–Crippen LogP) is 5.96. The smallest absolute Gasteiger partial charge is 0.00886 e. The molecule has 100 valence electrons. The molecular weight excluding hydrogens is 204 g/mol. The fraction of sp³-hybridized carbons (Fsp3) is 0.882. The lowest BCUT2D eigenvalue weighted by molar-refractivity contribution is 0.487. The van der Waals surface area contributed by atoms with E-state index >= 15 is 0 Å². The molecular formula is C17H32. The fourth-order valence-corrected chi connectivity index (χ4v) is 1.90. The van der Waals surface area contributed by atoms with Crippen LogP contribution in [0.25, 0.3) is 0 Å². The third kappa shape index (κ3) is 13.5. The zero-order valence-electron chi connectivity index (χ0n) is 12.4. The molecule has 0 aromatic rings. The molecule has 0 saturated heterocycles. The molecule has 0 radical (unpaired) electrons. The van der Waals surface area contributed by atoms with E-state index in [0.717, 1.165) is 18.8 Å². The second-order valence-electron chi connectivity index (χ2n) is 5.28. The summed E-state index contributed by atoms with van der Waals surface area (Å²) in [4.78, 5) is 0. The van der Waals surface area contributed by atoms with Gasteiger partial charge in [0.25, 0.3) is 0 Å². The van der Waals surface area contributed by atoms with E-state index in [4.69, 9.17) is 0 Å². The van der Waals surface area contributed by atoms with Crippen molar-refractivity contribution in [1.29, 1.82) is 0 Å². The van der Waals surface area contributed by atoms with Gasteiger partial charge in [0.1, 0.15) is 0 Å². The average molecular weight is 236 g/mol. The Bertz CT molecular complexity index is 194. The molecule has 0 spiro atoms. The van der Waals surface area contributed by atoms with Gasteiger partial charge in [0.15, 0.2) is 0 Å². The summed E-state index contributed by atoms with van der Waals surface area (Å²) in [5.41, 5.74) is 0. The first-order chi connectivity index (χ1) is 8.31. The van der Waals surface area contributed by atoms with E-state index < -0.39 is 0 Å². The third-order valence-corrected chi connectivity index (χ3v) is 3.48. The summed E-state index contributed by atoms with van der Waals surface area (Å²) < 4.78 is 0. The molecule has 1 atom stereocenters. The molecule has 0 heterocycles. The normalized spacial score (nSPS) is 11.9. The van der Waals surface area contributed by atoms with Crippen LogP contribution in [0.1, 0.15) is 91.4 Å². The summed E-state index contributed by atoms with van der Waals surface area (Å²) in [5.74, 6) is 7.54. The van der Waals surface area contributed by atoms with Gasteiger partial charge in [0.05, 0.1) is 0 Å². The number of unbranched alkanes of at least 4 members (excludes halogenated alkanes) is 7. The maximum atomic E-state index is 3.32. The molecule has 0 fully saturated rings. The second-order valence-corrected chi connectivity index (χ2v) is 5.28. The lowest BCUT2D eigenvalue weighted by Crippen LogP contribution is -1.90. The third-order valence-electron chi connectivity index (χ3n) is 3.48. The Hall–Kier alpha value is -0.440. The highest BCUT2D eigenvalue weighted by atomic mass is 14.0. The average Bonchev–Trinajstić information content (AvgIpc) is 2.35. The summed E-state index contributed by atoms with van der Waals surface area (Å²) in [5, 5.41) is 0. The van der Waals surface area contributed by atoms with Crippen LogP contribution in [0.15, 0.2) is 0 Å². The van der Waals surface area contributed by atoms with Crippen LogP contribution < -0.4 is 0 Å². The van der Waals surface area contributed by atoms with E-state index in [1.807, 2.05) is 0 Å². The standard InChI is InChI=1S/C17H32/c1-4-6-7-8-9-10-11-12-13-14-15-16-17(3)5-2/h17H,4-10,13-16H2,1-3H3. The molecule has 0 aliphatic carbocycles. The molecule has 0 aliphatic heterocycles. The van der Waals surface area contributed by atoms with Gasteiger partial charge in [-0.05, 0) is 18.8 Å². The van der Waals surface area contributed by atoms with E-state index in [9.17, 15) is 0 Å². The van der Waals surface area contributed by atoms with Crippen LogP contribution >= 0.6 is 0 Å². The molecule has 17 heavy (non-hydrogen) atoms. The van der Waals surface area contributed by atoms with Crippen molar-refractivity contribution in [3.05, 3.63) is 0 Å². The van der Waals surface area contributed by atoms with Crippen molar-refractivity contribution in [2.24, 2.45) is 5.92 Å². The lowest BCUT2D eigenvalue weighted by Gasteiger charge is -2.05. The van der Waals surface area contributed by atoms with E-state index in [1.165, 1.54) is 57.8 Å². The van der Waals surface area contributed by atoms with E-state index in [0.29, 0.717) is 0 Å². The van der Waals surface area contributed by atoms with Crippen molar-refractivity contribution in [3.8, 4) is 11.8 Å². The predicted molar refractivity (Wildman–Crippen MR) is 79.1 cm³/mol. The van der Waals surface area contributed by atoms with Crippen molar-refractivity contribution in [1.82, 2.24) is 0 Å². The largest absolute Gasteiger partial charge is 0.103 e. The number of hydrogen-bond acceptors (Lipinski definition) is 0. The highest BCUT2D eigenvalue weighted by molar-refractivity contribution is 4.98.